The van der Waals surface area contributed by atoms with Crippen LogP contribution in [-0.2, 0) is 4.74 Å². The van der Waals surface area contributed by atoms with Gasteiger partial charge in [0.05, 0.1) is 6.10 Å². The van der Waals surface area contributed by atoms with Gasteiger partial charge in [-0.05, 0) is 45.1 Å². The molecule has 0 saturated carbocycles. The van der Waals surface area contributed by atoms with Gasteiger partial charge in [-0.3, -0.25) is 0 Å². The molecule has 0 spiro atoms. The van der Waals surface area contributed by atoms with Crippen LogP contribution in [0.5, 0.6) is 0 Å². The molecule has 0 bridgehead atoms. The van der Waals surface area contributed by atoms with Gasteiger partial charge in [-0.15, -0.1) is 0 Å². The predicted molar refractivity (Wildman–Crippen MR) is 69.7 cm³/mol. The Hall–Kier alpha value is -0.340. The molecule has 0 aromatic rings. The second kappa shape index (κ2) is 7.86. The highest BCUT2D eigenvalue weighted by Gasteiger charge is 2.17. The van der Waals surface area contributed by atoms with Crippen LogP contribution in [0.3, 0.4) is 0 Å². The lowest BCUT2D eigenvalue weighted by molar-refractivity contribution is 0.0996. The van der Waals surface area contributed by atoms with Gasteiger partial charge < -0.3 is 10.1 Å². The molecule has 2 nitrogen and oxygen atoms in total. The topological polar surface area (TPSA) is 21.3 Å². The van der Waals surface area contributed by atoms with Crippen LogP contribution in [0.15, 0.2) is 12.2 Å². The van der Waals surface area contributed by atoms with Gasteiger partial charge in [0, 0.05) is 12.6 Å². The van der Waals surface area contributed by atoms with Crippen molar-refractivity contribution in [3.63, 3.8) is 0 Å². The van der Waals surface area contributed by atoms with Crippen LogP contribution in [0, 0.1) is 0 Å². The Labute approximate surface area is 100 Å². The van der Waals surface area contributed by atoms with Crippen LogP contribution in [0.2, 0.25) is 0 Å². The summed E-state index contributed by atoms with van der Waals surface area (Å²) in [6.45, 7) is 10.5. The molecule has 2 atom stereocenters. The predicted octanol–water partition coefficient (Wildman–Crippen LogP) is 3.28. The molecule has 1 heterocycles. The lowest BCUT2D eigenvalue weighted by Crippen LogP contribution is -2.30. The minimum Gasteiger partial charge on any atom is -0.378 e. The molecule has 1 N–H and O–H groups in total. The fraction of sp³-hybridized carbons (Fsp3) is 0.857. The largest absolute Gasteiger partial charge is 0.378 e. The molecule has 0 aliphatic carbocycles. The van der Waals surface area contributed by atoms with Crippen LogP contribution < -0.4 is 5.32 Å². The zero-order valence-corrected chi connectivity index (χ0v) is 10.9. The van der Waals surface area contributed by atoms with E-state index in [9.17, 15) is 0 Å². The van der Waals surface area contributed by atoms with E-state index in [-0.39, 0.29) is 0 Å². The summed E-state index contributed by atoms with van der Waals surface area (Å²) >= 11 is 0. The van der Waals surface area contributed by atoms with E-state index in [0.29, 0.717) is 12.1 Å². The molecule has 2 unspecified atom stereocenters. The number of nitrogens with one attached hydrogen (secondary N) is 1. The average Bonchev–Trinajstić information content (AvgIpc) is 2.79. The minimum absolute atomic E-state index is 0.524. The maximum atomic E-state index is 5.66. The van der Waals surface area contributed by atoms with Crippen molar-refractivity contribution in [2.75, 3.05) is 13.2 Å². The molecule has 0 radical (unpaired) electrons. The summed E-state index contributed by atoms with van der Waals surface area (Å²) in [6.07, 6.45) is 7.67. The molecule has 1 rings (SSSR count). The van der Waals surface area contributed by atoms with Crippen molar-refractivity contribution in [3.8, 4) is 0 Å². The number of ether oxygens (including phenoxy) is 1. The summed E-state index contributed by atoms with van der Waals surface area (Å²) in [5, 5.41) is 3.56. The normalized spacial score (nSPS) is 22.2. The molecule has 2 heteroatoms. The summed E-state index contributed by atoms with van der Waals surface area (Å²) < 4.78 is 5.66. The van der Waals surface area contributed by atoms with Gasteiger partial charge in [0.15, 0.2) is 0 Å². The van der Waals surface area contributed by atoms with Gasteiger partial charge in [0.1, 0.15) is 0 Å². The van der Waals surface area contributed by atoms with Crippen molar-refractivity contribution in [3.05, 3.63) is 12.2 Å². The van der Waals surface area contributed by atoms with E-state index in [4.69, 9.17) is 4.74 Å². The summed E-state index contributed by atoms with van der Waals surface area (Å²) in [5.74, 6) is 0. The number of rotatable bonds is 8. The van der Waals surface area contributed by atoms with Crippen LogP contribution in [0.25, 0.3) is 0 Å². The van der Waals surface area contributed by atoms with Gasteiger partial charge in [-0.25, -0.2) is 0 Å². The van der Waals surface area contributed by atoms with Gasteiger partial charge in [-0.1, -0.05) is 26.0 Å². The Balaban J connectivity index is 2.23. The van der Waals surface area contributed by atoms with Crippen molar-refractivity contribution in [2.24, 2.45) is 0 Å². The molecule has 0 aromatic carbocycles. The van der Waals surface area contributed by atoms with Gasteiger partial charge in [0.25, 0.3) is 0 Å². The molecule has 0 amide bonds. The fourth-order valence-electron chi connectivity index (χ4n) is 2.32. The summed E-state index contributed by atoms with van der Waals surface area (Å²) in [4.78, 5) is 0. The van der Waals surface area contributed by atoms with E-state index in [1.165, 1.54) is 31.3 Å². The Morgan fingerprint density at radius 1 is 1.50 bits per heavy atom. The highest BCUT2D eigenvalue weighted by atomic mass is 16.5. The van der Waals surface area contributed by atoms with E-state index < -0.39 is 0 Å². The molecule has 1 aliphatic heterocycles. The van der Waals surface area contributed by atoms with Crippen molar-refractivity contribution < 1.29 is 4.74 Å². The first kappa shape index (κ1) is 13.7. The Morgan fingerprint density at radius 3 is 2.88 bits per heavy atom. The minimum atomic E-state index is 0.524. The van der Waals surface area contributed by atoms with Gasteiger partial charge in [0.2, 0.25) is 0 Å². The van der Waals surface area contributed by atoms with E-state index >= 15 is 0 Å². The average molecular weight is 225 g/mol. The second-order valence-electron chi connectivity index (χ2n) is 4.77. The third kappa shape index (κ3) is 5.13. The maximum Gasteiger partial charge on any atom is 0.0576 e. The van der Waals surface area contributed by atoms with Crippen molar-refractivity contribution >= 4 is 0 Å². The molecule has 94 valence electrons. The summed E-state index contributed by atoms with van der Waals surface area (Å²) in [5.41, 5.74) is 1.36. The van der Waals surface area contributed by atoms with Crippen molar-refractivity contribution in [1.82, 2.24) is 5.32 Å². The number of hydrogen-bond donors (Lipinski definition) is 1. The van der Waals surface area contributed by atoms with E-state index in [1.54, 1.807) is 0 Å². The molecular weight excluding hydrogens is 198 g/mol. The monoisotopic (exact) mass is 225 g/mol. The molecule has 0 aromatic heterocycles. The molecule has 16 heavy (non-hydrogen) atoms. The highest BCUT2D eigenvalue weighted by Crippen LogP contribution is 2.19. The zero-order chi connectivity index (χ0) is 11.8. The summed E-state index contributed by atoms with van der Waals surface area (Å²) in [7, 11) is 0. The first-order chi connectivity index (χ1) is 7.76. The third-order valence-corrected chi connectivity index (χ3v) is 3.39. The SMILES string of the molecule is C=C(CC)CC(CCC1CCCO1)NCC. The van der Waals surface area contributed by atoms with E-state index in [2.05, 4.69) is 25.7 Å². The van der Waals surface area contributed by atoms with E-state index in [0.717, 1.165) is 26.0 Å². The standard InChI is InChI=1S/C14H27NO/c1-4-12(3)11-13(15-5-2)8-9-14-7-6-10-16-14/h13-15H,3-11H2,1-2H3. The first-order valence-electron chi connectivity index (χ1n) is 6.77. The molecule has 1 aliphatic rings. The van der Waals surface area contributed by atoms with Crippen LogP contribution in [0.4, 0.5) is 0 Å². The number of hydrogen-bond acceptors (Lipinski definition) is 2. The highest BCUT2D eigenvalue weighted by molar-refractivity contribution is 4.96. The Bertz CT molecular complexity index is 197. The fourth-order valence-corrected chi connectivity index (χ4v) is 2.32. The lowest BCUT2D eigenvalue weighted by atomic mass is 9.99. The molecule has 1 saturated heterocycles. The Kier molecular flexibility index (Phi) is 6.74. The smallest absolute Gasteiger partial charge is 0.0576 e. The quantitative estimate of drug-likeness (QED) is 0.640. The Morgan fingerprint density at radius 2 is 2.31 bits per heavy atom. The third-order valence-electron chi connectivity index (χ3n) is 3.39. The zero-order valence-electron chi connectivity index (χ0n) is 10.9. The second-order valence-corrected chi connectivity index (χ2v) is 4.77. The van der Waals surface area contributed by atoms with Gasteiger partial charge >= 0.3 is 0 Å². The molecule has 1 fully saturated rings. The van der Waals surface area contributed by atoms with Crippen LogP contribution in [-0.4, -0.2) is 25.3 Å². The summed E-state index contributed by atoms with van der Waals surface area (Å²) in [6, 6.07) is 0.599. The van der Waals surface area contributed by atoms with Gasteiger partial charge in [-0.2, -0.15) is 0 Å². The first-order valence-corrected chi connectivity index (χ1v) is 6.77. The van der Waals surface area contributed by atoms with Crippen molar-refractivity contribution in [1.29, 1.82) is 0 Å². The van der Waals surface area contributed by atoms with Crippen LogP contribution in [0.1, 0.15) is 52.4 Å². The maximum absolute atomic E-state index is 5.66. The lowest BCUT2D eigenvalue weighted by Gasteiger charge is -2.20. The van der Waals surface area contributed by atoms with E-state index in [1.807, 2.05) is 0 Å². The van der Waals surface area contributed by atoms with Crippen LogP contribution >= 0.6 is 0 Å². The molecular formula is C14H27NO. The van der Waals surface area contributed by atoms with Crippen molar-refractivity contribution in [2.45, 2.75) is 64.5 Å².